The summed E-state index contributed by atoms with van der Waals surface area (Å²) in [6.07, 6.45) is 4.72. The van der Waals surface area contributed by atoms with Gasteiger partial charge in [0.2, 0.25) is 12.7 Å². The van der Waals surface area contributed by atoms with Gasteiger partial charge in [-0.15, -0.1) is 0 Å². The second-order valence-electron chi connectivity index (χ2n) is 7.30. The van der Waals surface area contributed by atoms with Gasteiger partial charge in [0.25, 0.3) is 0 Å². The quantitative estimate of drug-likeness (QED) is 0.297. The van der Waals surface area contributed by atoms with Crippen LogP contribution in [0.15, 0.2) is 59.3 Å². The van der Waals surface area contributed by atoms with Crippen molar-refractivity contribution in [3.63, 3.8) is 0 Å². The van der Waals surface area contributed by atoms with E-state index in [2.05, 4.69) is 10.5 Å². The van der Waals surface area contributed by atoms with E-state index in [-0.39, 0.29) is 18.9 Å². The summed E-state index contributed by atoms with van der Waals surface area (Å²) in [5.41, 5.74) is 2.79. The number of ether oxygens (including phenoxy) is 2. The van der Waals surface area contributed by atoms with Crippen LogP contribution in [0.5, 0.6) is 11.5 Å². The largest absolute Gasteiger partial charge is 0.454 e. The Morgan fingerprint density at radius 3 is 2.56 bits per heavy atom. The zero-order chi connectivity index (χ0) is 24.0. The zero-order valence-corrected chi connectivity index (χ0v) is 19.7. The minimum absolute atomic E-state index is 0.166. The van der Waals surface area contributed by atoms with E-state index in [1.54, 1.807) is 56.3 Å². The molecule has 178 valence electrons. The molecule has 2 heterocycles. The van der Waals surface area contributed by atoms with E-state index in [0.717, 1.165) is 11.1 Å². The Morgan fingerprint density at radius 2 is 1.82 bits per heavy atom. The summed E-state index contributed by atoms with van der Waals surface area (Å²) in [5.74, 6) is 1.49. The SMILES string of the molecule is CCOP(=O)(Cc1ccc(NC(=O)/C=C/c2cnoc2-c2ccc3c(c2)OCO3)cc1)OCC. The van der Waals surface area contributed by atoms with Gasteiger partial charge in [0.1, 0.15) is 0 Å². The number of nitrogens with zero attached hydrogens (tertiary/aromatic N) is 1. The number of aromatic nitrogens is 1. The van der Waals surface area contributed by atoms with Crippen molar-refractivity contribution in [2.75, 3.05) is 25.3 Å². The van der Waals surface area contributed by atoms with Crippen LogP contribution >= 0.6 is 7.60 Å². The molecule has 4 rings (SSSR count). The van der Waals surface area contributed by atoms with E-state index in [1.807, 2.05) is 6.07 Å². The van der Waals surface area contributed by atoms with E-state index < -0.39 is 7.60 Å². The molecule has 0 bridgehead atoms. The molecule has 10 heteroatoms. The molecule has 2 aromatic carbocycles. The van der Waals surface area contributed by atoms with Crippen molar-refractivity contribution in [1.29, 1.82) is 0 Å². The maximum Gasteiger partial charge on any atom is 0.335 e. The Bertz CT molecular complexity index is 1210. The van der Waals surface area contributed by atoms with Crippen LogP contribution in [0, 0.1) is 0 Å². The first-order valence-electron chi connectivity index (χ1n) is 10.8. The summed E-state index contributed by atoms with van der Waals surface area (Å²) in [6, 6.07) is 12.5. The predicted octanol–water partition coefficient (Wildman–Crippen LogP) is 5.49. The normalized spacial score (nSPS) is 12.9. The topological polar surface area (TPSA) is 109 Å². The molecule has 3 aromatic rings. The van der Waals surface area contributed by atoms with E-state index >= 15 is 0 Å². The number of carbonyl (C=O) groups is 1. The molecular formula is C24H25N2O7P. The van der Waals surface area contributed by atoms with Crippen molar-refractivity contribution in [2.45, 2.75) is 20.0 Å². The van der Waals surface area contributed by atoms with Gasteiger partial charge in [-0.05, 0) is 55.8 Å². The van der Waals surface area contributed by atoms with Gasteiger partial charge in [-0.2, -0.15) is 0 Å². The molecular weight excluding hydrogens is 459 g/mol. The highest BCUT2D eigenvalue weighted by Crippen LogP contribution is 2.51. The van der Waals surface area contributed by atoms with Crippen molar-refractivity contribution in [3.05, 3.63) is 65.9 Å². The minimum Gasteiger partial charge on any atom is -0.454 e. The number of rotatable bonds is 10. The molecule has 1 aliphatic heterocycles. The number of fused-ring (bicyclic) bond motifs is 1. The highest BCUT2D eigenvalue weighted by molar-refractivity contribution is 7.53. The molecule has 0 aliphatic carbocycles. The van der Waals surface area contributed by atoms with Crippen LogP contribution in [0.2, 0.25) is 0 Å². The number of benzene rings is 2. The lowest BCUT2D eigenvalue weighted by molar-refractivity contribution is -0.111. The lowest BCUT2D eigenvalue weighted by atomic mass is 10.1. The van der Waals surface area contributed by atoms with Gasteiger partial charge in [0.15, 0.2) is 17.3 Å². The van der Waals surface area contributed by atoms with Gasteiger partial charge >= 0.3 is 7.60 Å². The maximum atomic E-state index is 12.7. The summed E-state index contributed by atoms with van der Waals surface area (Å²) in [7, 11) is -3.19. The van der Waals surface area contributed by atoms with Gasteiger partial charge < -0.3 is 28.4 Å². The van der Waals surface area contributed by atoms with Gasteiger partial charge in [0.05, 0.1) is 25.6 Å². The summed E-state index contributed by atoms with van der Waals surface area (Å²) in [6.45, 7) is 4.34. The van der Waals surface area contributed by atoms with E-state index in [4.69, 9.17) is 23.0 Å². The van der Waals surface area contributed by atoms with Gasteiger partial charge in [-0.3, -0.25) is 9.36 Å². The van der Waals surface area contributed by atoms with Gasteiger partial charge in [-0.1, -0.05) is 17.3 Å². The van der Waals surface area contributed by atoms with Crippen molar-refractivity contribution in [3.8, 4) is 22.8 Å². The molecule has 0 fully saturated rings. The molecule has 9 nitrogen and oxygen atoms in total. The van der Waals surface area contributed by atoms with Crippen molar-refractivity contribution < 1.29 is 32.4 Å². The molecule has 34 heavy (non-hydrogen) atoms. The summed E-state index contributed by atoms with van der Waals surface area (Å²) < 4.78 is 39.4. The van der Waals surface area contributed by atoms with Crippen LogP contribution in [0.4, 0.5) is 5.69 Å². The highest BCUT2D eigenvalue weighted by atomic mass is 31.2. The van der Waals surface area contributed by atoms with E-state index in [0.29, 0.717) is 41.7 Å². The average Bonchev–Trinajstić information content (AvgIpc) is 3.48. The summed E-state index contributed by atoms with van der Waals surface area (Å²) in [4.78, 5) is 12.4. The Morgan fingerprint density at radius 1 is 1.09 bits per heavy atom. The second kappa shape index (κ2) is 10.7. The van der Waals surface area contributed by atoms with Crippen molar-refractivity contribution in [2.24, 2.45) is 0 Å². The fourth-order valence-electron chi connectivity index (χ4n) is 3.41. The lowest BCUT2D eigenvalue weighted by Gasteiger charge is -2.17. The van der Waals surface area contributed by atoms with Crippen LogP contribution in [0.25, 0.3) is 17.4 Å². The molecule has 0 radical (unpaired) electrons. The van der Waals surface area contributed by atoms with E-state index in [1.165, 1.54) is 12.3 Å². The smallest absolute Gasteiger partial charge is 0.335 e. The number of nitrogens with one attached hydrogen (secondary N) is 1. The van der Waals surface area contributed by atoms with Crippen LogP contribution in [0.3, 0.4) is 0 Å². The maximum absolute atomic E-state index is 12.7. The Labute approximate surface area is 197 Å². The Hall–Kier alpha value is -3.39. The molecule has 0 atom stereocenters. The molecule has 1 aromatic heterocycles. The number of amides is 1. The fraction of sp³-hybridized carbons (Fsp3) is 0.250. The van der Waals surface area contributed by atoms with Crippen LogP contribution in [0.1, 0.15) is 25.0 Å². The van der Waals surface area contributed by atoms with Crippen molar-refractivity contribution >= 4 is 25.3 Å². The first-order valence-corrected chi connectivity index (χ1v) is 12.5. The number of hydrogen-bond donors (Lipinski definition) is 1. The molecule has 0 unspecified atom stereocenters. The monoisotopic (exact) mass is 484 g/mol. The van der Waals surface area contributed by atoms with Crippen LogP contribution in [-0.2, 0) is 24.6 Å². The van der Waals surface area contributed by atoms with Crippen LogP contribution in [-0.4, -0.2) is 31.1 Å². The third kappa shape index (κ3) is 5.75. The molecule has 1 N–H and O–H groups in total. The summed E-state index contributed by atoms with van der Waals surface area (Å²) in [5, 5.41) is 6.64. The minimum atomic E-state index is -3.19. The van der Waals surface area contributed by atoms with Gasteiger partial charge in [0, 0.05) is 22.9 Å². The second-order valence-corrected chi connectivity index (χ2v) is 9.36. The van der Waals surface area contributed by atoms with E-state index in [9.17, 15) is 9.36 Å². The zero-order valence-electron chi connectivity index (χ0n) is 18.9. The first kappa shape index (κ1) is 23.8. The number of anilines is 1. The number of carbonyl (C=O) groups excluding carboxylic acids is 1. The molecule has 0 spiro atoms. The van der Waals surface area contributed by atoms with Gasteiger partial charge in [-0.25, -0.2) is 0 Å². The Kier molecular flexibility index (Phi) is 7.47. The summed E-state index contributed by atoms with van der Waals surface area (Å²) >= 11 is 0. The molecule has 1 aliphatic rings. The molecule has 1 amide bonds. The number of hydrogen-bond acceptors (Lipinski definition) is 8. The molecule has 0 saturated carbocycles. The third-order valence-electron chi connectivity index (χ3n) is 4.90. The third-order valence-corrected chi connectivity index (χ3v) is 6.95. The lowest BCUT2D eigenvalue weighted by Crippen LogP contribution is -2.07. The Balaban J connectivity index is 1.39. The highest BCUT2D eigenvalue weighted by Gasteiger charge is 2.24. The standard InChI is InChI=1S/C24H25N2O7P/c1-3-31-34(28,32-4-2)15-17-5-9-20(10-6-17)26-23(27)12-8-19-14-25-33-24(19)18-7-11-21-22(13-18)30-16-29-21/h5-14H,3-4,15-16H2,1-2H3,(H,26,27)/b12-8+. The average molecular weight is 484 g/mol. The van der Waals surface area contributed by atoms with Crippen molar-refractivity contribution in [1.82, 2.24) is 5.16 Å². The molecule has 0 saturated heterocycles. The van der Waals surface area contributed by atoms with Crippen LogP contribution < -0.4 is 14.8 Å². The fourth-order valence-corrected chi connectivity index (χ4v) is 5.11. The first-order chi connectivity index (χ1) is 16.5. The predicted molar refractivity (Wildman–Crippen MR) is 127 cm³/mol.